The van der Waals surface area contributed by atoms with E-state index in [1.807, 2.05) is 6.92 Å². The summed E-state index contributed by atoms with van der Waals surface area (Å²) >= 11 is 0. The minimum absolute atomic E-state index is 0.0492. The van der Waals surface area contributed by atoms with Crippen LogP contribution in [0.5, 0.6) is 0 Å². The maximum atomic E-state index is 12.2. The Kier molecular flexibility index (Phi) is 5.44. The Hall–Kier alpha value is -0.570. The van der Waals surface area contributed by atoms with E-state index < -0.39 is 5.54 Å². The highest BCUT2D eigenvalue weighted by Crippen LogP contribution is 2.35. The molecule has 17 heavy (non-hydrogen) atoms. The molecule has 0 saturated heterocycles. The minimum Gasteiger partial charge on any atom is -0.465 e. The number of carbonyl (C=O) groups is 1. The standard InChI is InChI=1S/C14H27NO2/c1-5-12-8-7-9-14(10-12,15-11(3)4)13(16)17-6-2/h11-12,15H,5-10H2,1-4H3. The van der Waals surface area contributed by atoms with Crippen molar-refractivity contribution in [1.82, 2.24) is 5.32 Å². The third kappa shape index (κ3) is 3.70. The summed E-state index contributed by atoms with van der Waals surface area (Å²) in [5.74, 6) is 0.603. The number of rotatable bonds is 5. The van der Waals surface area contributed by atoms with Crippen molar-refractivity contribution in [3.05, 3.63) is 0 Å². The largest absolute Gasteiger partial charge is 0.465 e. The van der Waals surface area contributed by atoms with Crippen molar-refractivity contribution in [1.29, 1.82) is 0 Å². The third-order valence-electron chi connectivity index (χ3n) is 3.66. The zero-order valence-electron chi connectivity index (χ0n) is 11.7. The molecule has 2 atom stereocenters. The molecule has 1 rings (SSSR count). The molecule has 0 aromatic carbocycles. The Balaban J connectivity index is 2.80. The highest BCUT2D eigenvalue weighted by atomic mass is 16.5. The fourth-order valence-electron chi connectivity index (χ4n) is 2.94. The zero-order chi connectivity index (χ0) is 12.9. The molecule has 0 amide bonds. The maximum absolute atomic E-state index is 12.2. The second-order valence-corrected chi connectivity index (χ2v) is 5.47. The highest BCUT2D eigenvalue weighted by Gasteiger charge is 2.43. The van der Waals surface area contributed by atoms with Crippen LogP contribution in [0.1, 0.15) is 59.8 Å². The van der Waals surface area contributed by atoms with E-state index in [1.54, 1.807) is 0 Å². The number of hydrogen-bond acceptors (Lipinski definition) is 3. The summed E-state index contributed by atoms with van der Waals surface area (Å²) in [6, 6.07) is 0.315. The molecule has 1 N–H and O–H groups in total. The van der Waals surface area contributed by atoms with E-state index in [0.29, 0.717) is 18.6 Å². The molecule has 0 heterocycles. The van der Waals surface area contributed by atoms with Crippen LogP contribution in [0.15, 0.2) is 0 Å². The second-order valence-electron chi connectivity index (χ2n) is 5.47. The van der Waals surface area contributed by atoms with Gasteiger partial charge in [-0.3, -0.25) is 10.1 Å². The molecule has 3 nitrogen and oxygen atoms in total. The molecule has 1 saturated carbocycles. The fraction of sp³-hybridized carbons (Fsp3) is 0.929. The van der Waals surface area contributed by atoms with Crippen molar-refractivity contribution >= 4 is 5.97 Å². The van der Waals surface area contributed by atoms with Crippen molar-refractivity contribution in [2.45, 2.75) is 71.4 Å². The zero-order valence-corrected chi connectivity index (χ0v) is 11.7. The van der Waals surface area contributed by atoms with Gasteiger partial charge in [0.2, 0.25) is 0 Å². The van der Waals surface area contributed by atoms with Gasteiger partial charge in [-0.2, -0.15) is 0 Å². The van der Waals surface area contributed by atoms with Crippen LogP contribution < -0.4 is 5.32 Å². The van der Waals surface area contributed by atoms with Crippen LogP contribution in [0, 0.1) is 5.92 Å². The van der Waals surface area contributed by atoms with Crippen LogP contribution in [0.3, 0.4) is 0 Å². The number of esters is 1. The molecular formula is C14H27NO2. The Morgan fingerprint density at radius 3 is 2.71 bits per heavy atom. The summed E-state index contributed by atoms with van der Waals surface area (Å²) in [5, 5.41) is 3.47. The van der Waals surface area contributed by atoms with Gasteiger partial charge in [0.05, 0.1) is 6.61 Å². The van der Waals surface area contributed by atoms with Gasteiger partial charge < -0.3 is 4.74 Å². The summed E-state index contributed by atoms with van der Waals surface area (Å²) in [6.07, 6.45) is 5.37. The van der Waals surface area contributed by atoms with Crippen LogP contribution in [0.4, 0.5) is 0 Å². The second kappa shape index (κ2) is 6.39. The van der Waals surface area contributed by atoms with E-state index in [-0.39, 0.29) is 5.97 Å². The maximum Gasteiger partial charge on any atom is 0.326 e. The molecule has 0 radical (unpaired) electrons. The van der Waals surface area contributed by atoms with Crippen molar-refractivity contribution in [3.63, 3.8) is 0 Å². The monoisotopic (exact) mass is 241 g/mol. The lowest BCUT2D eigenvalue weighted by Crippen LogP contribution is -2.57. The van der Waals surface area contributed by atoms with Crippen molar-refractivity contribution < 1.29 is 9.53 Å². The lowest BCUT2D eigenvalue weighted by atomic mass is 9.74. The van der Waals surface area contributed by atoms with Gasteiger partial charge in [-0.1, -0.05) is 26.2 Å². The third-order valence-corrected chi connectivity index (χ3v) is 3.66. The topological polar surface area (TPSA) is 38.3 Å². The molecule has 0 spiro atoms. The van der Waals surface area contributed by atoms with Crippen molar-refractivity contribution in [2.75, 3.05) is 6.61 Å². The van der Waals surface area contributed by atoms with Gasteiger partial charge in [0.15, 0.2) is 0 Å². The molecule has 1 fully saturated rings. The molecular weight excluding hydrogens is 214 g/mol. The Morgan fingerprint density at radius 1 is 1.47 bits per heavy atom. The summed E-state index contributed by atoms with van der Waals surface area (Å²) in [4.78, 5) is 12.2. The lowest BCUT2D eigenvalue weighted by molar-refractivity contribution is -0.154. The van der Waals surface area contributed by atoms with Gasteiger partial charge in [-0.15, -0.1) is 0 Å². The quantitative estimate of drug-likeness (QED) is 0.752. The van der Waals surface area contributed by atoms with Gasteiger partial charge >= 0.3 is 5.97 Å². The van der Waals surface area contributed by atoms with Crippen molar-refractivity contribution in [2.24, 2.45) is 5.92 Å². The summed E-state index contributed by atoms with van der Waals surface area (Å²) < 4.78 is 5.28. The van der Waals surface area contributed by atoms with Gasteiger partial charge in [0.1, 0.15) is 5.54 Å². The van der Waals surface area contributed by atoms with E-state index in [2.05, 4.69) is 26.1 Å². The van der Waals surface area contributed by atoms with Crippen LogP contribution in [-0.2, 0) is 9.53 Å². The number of carbonyl (C=O) groups excluding carboxylic acids is 1. The van der Waals surface area contributed by atoms with Crippen LogP contribution in [0.25, 0.3) is 0 Å². The van der Waals surface area contributed by atoms with Gasteiger partial charge in [0.25, 0.3) is 0 Å². The first-order valence-electron chi connectivity index (χ1n) is 6.99. The van der Waals surface area contributed by atoms with E-state index in [4.69, 9.17) is 4.74 Å². The predicted octanol–water partition coefficient (Wildman–Crippen LogP) is 2.89. The molecule has 0 aromatic heterocycles. The van der Waals surface area contributed by atoms with Crippen LogP contribution in [-0.4, -0.2) is 24.2 Å². The SMILES string of the molecule is CCOC(=O)C1(NC(C)C)CCCC(CC)C1. The lowest BCUT2D eigenvalue weighted by Gasteiger charge is -2.40. The summed E-state index contributed by atoms with van der Waals surface area (Å²) in [7, 11) is 0. The Morgan fingerprint density at radius 2 is 2.18 bits per heavy atom. The van der Waals surface area contributed by atoms with Crippen molar-refractivity contribution in [3.8, 4) is 0 Å². The molecule has 3 heteroatoms. The summed E-state index contributed by atoms with van der Waals surface area (Å²) in [5.41, 5.74) is -0.427. The first-order valence-corrected chi connectivity index (χ1v) is 6.99. The summed E-state index contributed by atoms with van der Waals surface area (Å²) in [6.45, 7) is 8.74. The van der Waals surface area contributed by atoms with E-state index in [1.165, 1.54) is 6.42 Å². The molecule has 0 aliphatic heterocycles. The van der Waals surface area contributed by atoms with E-state index in [0.717, 1.165) is 25.7 Å². The first kappa shape index (κ1) is 14.5. The molecule has 0 bridgehead atoms. The van der Waals surface area contributed by atoms with E-state index >= 15 is 0 Å². The normalized spacial score (nSPS) is 29.4. The average Bonchev–Trinajstić information content (AvgIpc) is 2.28. The van der Waals surface area contributed by atoms with E-state index in [9.17, 15) is 4.79 Å². The number of hydrogen-bond donors (Lipinski definition) is 1. The molecule has 1 aliphatic carbocycles. The van der Waals surface area contributed by atoms with Crippen LogP contribution >= 0.6 is 0 Å². The van der Waals surface area contributed by atoms with Gasteiger partial charge in [-0.05, 0) is 39.5 Å². The number of nitrogens with one attached hydrogen (secondary N) is 1. The number of ether oxygens (including phenoxy) is 1. The Labute approximate surface area is 105 Å². The smallest absolute Gasteiger partial charge is 0.326 e. The fourth-order valence-corrected chi connectivity index (χ4v) is 2.94. The Bertz CT molecular complexity index is 253. The van der Waals surface area contributed by atoms with Gasteiger partial charge in [0, 0.05) is 6.04 Å². The first-order chi connectivity index (χ1) is 8.04. The van der Waals surface area contributed by atoms with Gasteiger partial charge in [-0.25, -0.2) is 0 Å². The molecule has 100 valence electrons. The molecule has 2 unspecified atom stereocenters. The molecule has 1 aliphatic rings. The average molecular weight is 241 g/mol. The van der Waals surface area contributed by atoms with Crippen LogP contribution in [0.2, 0.25) is 0 Å². The minimum atomic E-state index is -0.427. The molecule has 0 aromatic rings. The predicted molar refractivity (Wildman–Crippen MR) is 69.9 cm³/mol. The highest BCUT2D eigenvalue weighted by molar-refractivity contribution is 5.81.